The highest BCUT2D eigenvalue weighted by molar-refractivity contribution is 9.10. The van der Waals surface area contributed by atoms with E-state index in [2.05, 4.69) is 15.9 Å². The second-order valence-electron chi connectivity index (χ2n) is 6.61. The quantitative estimate of drug-likeness (QED) is 0.622. The summed E-state index contributed by atoms with van der Waals surface area (Å²) in [5.41, 5.74) is 13.4. The van der Waals surface area contributed by atoms with E-state index in [9.17, 15) is 8.78 Å². The van der Waals surface area contributed by atoms with Crippen molar-refractivity contribution in [2.45, 2.75) is 37.9 Å². The zero-order chi connectivity index (χ0) is 19.4. The van der Waals surface area contributed by atoms with Gasteiger partial charge in [0.25, 0.3) is 0 Å². The van der Waals surface area contributed by atoms with Gasteiger partial charge in [0, 0.05) is 35.7 Å². The van der Waals surface area contributed by atoms with Crippen LogP contribution < -0.4 is 11.5 Å². The minimum atomic E-state index is -0.295. The predicted molar refractivity (Wildman–Crippen MR) is 105 cm³/mol. The van der Waals surface area contributed by atoms with Crippen LogP contribution in [0.3, 0.4) is 0 Å². The van der Waals surface area contributed by atoms with E-state index in [1.807, 2.05) is 0 Å². The Morgan fingerprint density at radius 3 is 2.00 bits per heavy atom. The fraction of sp³-hybridized carbons (Fsp3) is 0.400. The SMILES string of the molecule is Nc1ccc(Br)c(F)c1C1CCCO1.Nc1cccc(F)c1C1CCCO1. The summed E-state index contributed by atoms with van der Waals surface area (Å²) in [7, 11) is 0. The molecule has 0 radical (unpaired) electrons. The van der Waals surface area contributed by atoms with Crippen molar-refractivity contribution in [2.24, 2.45) is 0 Å². The van der Waals surface area contributed by atoms with Gasteiger partial charge in [-0.2, -0.15) is 0 Å². The predicted octanol–water partition coefficient (Wildman–Crippen LogP) is 5.28. The van der Waals surface area contributed by atoms with Gasteiger partial charge >= 0.3 is 0 Å². The lowest BCUT2D eigenvalue weighted by atomic mass is 10.0. The Balaban J connectivity index is 0.000000156. The van der Waals surface area contributed by atoms with E-state index < -0.39 is 0 Å². The topological polar surface area (TPSA) is 70.5 Å². The van der Waals surface area contributed by atoms with Crippen LogP contribution in [0.15, 0.2) is 34.8 Å². The van der Waals surface area contributed by atoms with Gasteiger partial charge in [-0.25, -0.2) is 8.78 Å². The number of rotatable bonds is 2. The molecule has 7 heteroatoms. The van der Waals surface area contributed by atoms with Crippen molar-refractivity contribution in [3.05, 3.63) is 57.6 Å². The number of ether oxygens (including phenoxy) is 2. The van der Waals surface area contributed by atoms with Crippen molar-refractivity contribution in [1.82, 2.24) is 0 Å². The number of hydrogen-bond acceptors (Lipinski definition) is 4. The number of halogens is 3. The van der Waals surface area contributed by atoms with Crippen molar-refractivity contribution in [3.8, 4) is 0 Å². The summed E-state index contributed by atoms with van der Waals surface area (Å²) in [5, 5.41) is 0. The molecule has 0 spiro atoms. The highest BCUT2D eigenvalue weighted by Gasteiger charge is 2.24. The first-order valence-corrected chi connectivity index (χ1v) is 9.78. The molecule has 2 aliphatic rings. The van der Waals surface area contributed by atoms with Crippen LogP contribution in [0.5, 0.6) is 0 Å². The van der Waals surface area contributed by atoms with Crippen LogP contribution in [0, 0.1) is 11.6 Å². The van der Waals surface area contributed by atoms with Gasteiger partial charge < -0.3 is 20.9 Å². The van der Waals surface area contributed by atoms with Gasteiger partial charge in [0.05, 0.1) is 16.7 Å². The van der Waals surface area contributed by atoms with E-state index in [4.69, 9.17) is 20.9 Å². The lowest BCUT2D eigenvalue weighted by Gasteiger charge is -2.14. The van der Waals surface area contributed by atoms with Gasteiger partial charge in [-0.3, -0.25) is 0 Å². The van der Waals surface area contributed by atoms with Crippen LogP contribution in [-0.2, 0) is 9.47 Å². The van der Waals surface area contributed by atoms with Crippen molar-refractivity contribution >= 4 is 27.3 Å². The van der Waals surface area contributed by atoms with E-state index in [1.165, 1.54) is 6.07 Å². The van der Waals surface area contributed by atoms with Crippen LogP contribution in [-0.4, -0.2) is 13.2 Å². The van der Waals surface area contributed by atoms with Crippen LogP contribution in [0.4, 0.5) is 20.2 Å². The Morgan fingerprint density at radius 2 is 1.44 bits per heavy atom. The van der Waals surface area contributed by atoms with Crippen LogP contribution in [0.2, 0.25) is 0 Å². The molecule has 2 fully saturated rings. The zero-order valence-electron chi connectivity index (χ0n) is 14.9. The molecule has 4 rings (SSSR count). The van der Waals surface area contributed by atoms with Crippen LogP contribution in [0.25, 0.3) is 0 Å². The molecular weight excluding hydrogens is 418 g/mol. The molecule has 0 amide bonds. The van der Waals surface area contributed by atoms with Crippen molar-refractivity contribution in [3.63, 3.8) is 0 Å². The first-order valence-electron chi connectivity index (χ1n) is 8.99. The third-order valence-corrected chi connectivity index (χ3v) is 5.37. The summed E-state index contributed by atoms with van der Waals surface area (Å²) in [6.07, 6.45) is 3.35. The van der Waals surface area contributed by atoms with Crippen LogP contribution >= 0.6 is 15.9 Å². The summed E-state index contributed by atoms with van der Waals surface area (Å²) < 4.78 is 38.3. The van der Waals surface area contributed by atoms with Gasteiger partial charge in [-0.05, 0) is 65.9 Å². The molecular formula is C20H23BrF2N2O2. The lowest BCUT2D eigenvalue weighted by Crippen LogP contribution is -2.05. The highest BCUT2D eigenvalue weighted by atomic mass is 79.9. The van der Waals surface area contributed by atoms with Gasteiger partial charge in [-0.1, -0.05) is 6.07 Å². The molecule has 0 aromatic heterocycles. The first-order chi connectivity index (χ1) is 13.0. The molecule has 4 N–H and O–H groups in total. The smallest absolute Gasteiger partial charge is 0.145 e. The molecule has 0 bridgehead atoms. The zero-order valence-corrected chi connectivity index (χ0v) is 16.5. The second-order valence-corrected chi connectivity index (χ2v) is 7.46. The molecule has 2 aromatic rings. The lowest BCUT2D eigenvalue weighted by molar-refractivity contribution is 0.109. The Kier molecular flexibility index (Phi) is 6.68. The van der Waals surface area contributed by atoms with E-state index in [-0.39, 0.29) is 23.8 Å². The standard InChI is InChI=1S/C10H11BrFNO.C10H12FNO/c11-6-3-4-7(13)9(10(6)12)8-2-1-5-14-8;11-7-3-1-4-8(12)10(7)9-5-2-6-13-9/h3-4,8H,1-2,5,13H2;1,3-4,9H,2,5-6,12H2. The maximum Gasteiger partial charge on any atom is 0.145 e. The van der Waals surface area contributed by atoms with Gasteiger partial charge in [0.1, 0.15) is 11.6 Å². The fourth-order valence-electron chi connectivity index (χ4n) is 3.41. The maximum absolute atomic E-state index is 13.7. The largest absolute Gasteiger partial charge is 0.398 e. The van der Waals surface area contributed by atoms with Gasteiger partial charge in [0.2, 0.25) is 0 Å². The third kappa shape index (κ3) is 4.59. The van der Waals surface area contributed by atoms with Crippen LogP contribution in [0.1, 0.15) is 49.0 Å². The molecule has 2 unspecified atom stereocenters. The summed E-state index contributed by atoms with van der Waals surface area (Å²) in [6, 6.07) is 8.06. The Bertz CT molecular complexity index is 772. The first kappa shape index (κ1) is 20.0. The number of anilines is 2. The minimum Gasteiger partial charge on any atom is -0.398 e. The van der Waals surface area contributed by atoms with E-state index >= 15 is 0 Å². The van der Waals surface area contributed by atoms with Crippen molar-refractivity contribution < 1.29 is 18.3 Å². The molecule has 2 heterocycles. The average Bonchev–Trinajstić information content (AvgIpc) is 3.33. The molecule has 146 valence electrons. The third-order valence-electron chi connectivity index (χ3n) is 4.76. The molecule has 0 aliphatic carbocycles. The molecule has 2 aliphatic heterocycles. The van der Waals surface area contributed by atoms with E-state index in [0.717, 1.165) is 25.7 Å². The van der Waals surface area contributed by atoms with Gasteiger partial charge in [-0.15, -0.1) is 0 Å². The molecule has 2 aromatic carbocycles. The highest BCUT2D eigenvalue weighted by Crippen LogP contribution is 2.36. The molecule has 27 heavy (non-hydrogen) atoms. The second kappa shape index (κ2) is 8.99. The van der Waals surface area contributed by atoms with Crippen molar-refractivity contribution in [1.29, 1.82) is 0 Å². The number of benzene rings is 2. The normalized spacial score (nSPS) is 21.7. The Hall–Kier alpha value is -1.70. The molecule has 0 saturated carbocycles. The van der Waals surface area contributed by atoms with Crippen molar-refractivity contribution in [2.75, 3.05) is 24.7 Å². The molecule has 2 saturated heterocycles. The summed E-state index contributed by atoms with van der Waals surface area (Å²) >= 11 is 3.14. The monoisotopic (exact) mass is 440 g/mol. The minimum absolute atomic E-state index is 0.138. The van der Waals surface area contributed by atoms with E-state index in [0.29, 0.717) is 40.2 Å². The van der Waals surface area contributed by atoms with Gasteiger partial charge in [0.15, 0.2) is 0 Å². The maximum atomic E-state index is 13.7. The molecule has 2 atom stereocenters. The number of nitrogens with two attached hydrogens (primary N) is 2. The summed E-state index contributed by atoms with van der Waals surface area (Å²) in [4.78, 5) is 0. The number of nitrogen functional groups attached to an aromatic ring is 2. The molecule has 4 nitrogen and oxygen atoms in total. The number of hydrogen-bond donors (Lipinski definition) is 2. The Morgan fingerprint density at radius 1 is 0.852 bits per heavy atom. The fourth-order valence-corrected chi connectivity index (χ4v) is 3.76. The summed E-state index contributed by atoms with van der Waals surface area (Å²) in [5.74, 6) is -0.552. The summed E-state index contributed by atoms with van der Waals surface area (Å²) in [6.45, 7) is 1.40. The Labute approximate surface area is 166 Å². The average molecular weight is 441 g/mol. The van der Waals surface area contributed by atoms with E-state index in [1.54, 1.807) is 24.3 Å².